The Labute approximate surface area is 143 Å². The third-order valence-corrected chi connectivity index (χ3v) is 4.05. The van der Waals surface area contributed by atoms with E-state index >= 15 is 0 Å². The smallest absolute Gasteiger partial charge is 0.326 e. The summed E-state index contributed by atoms with van der Waals surface area (Å²) in [5, 5.41) is -0.505. The third kappa shape index (κ3) is 4.08. The van der Waals surface area contributed by atoms with Gasteiger partial charge in [-0.1, -0.05) is 0 Å². The molecular weight excluding hydrogens is 334 g/mol. The number of hydrogen-bond donors (Lipinski definition) is 0. The van der Waals surface area contributed by atoms with Gasteiger partial charge in [0.05, 0.1) is 25.7 Å². The van der Waals surface area contributed by atoms with Gasteiger partial charge in [-0.3, -0.25) is 19.3 Å². The molecule has 0 spiro atoms. The Morgan fingerprint density at radius 3 is 2.33 bits per heavy atom. The summed E-state index contributed by atoms with van der Waals surface area (Å²) in [5.74, 6) is -0.0263. The lowest BCUT2D eigenvalue weighted by Crippen LogP contribution is -2.34. The van der Waals surface area contributed by atoms with Gasteiger partial charge < -0.3 is 14.2 Å². The minimum Gasteiger partial charge on any atom is -0.497 e. The van der Waals surface area contributed by atoms with E-state index in [0.717, 1.165) is 16.7 Å². The van der Waals surface area contributed by atoms with E-state index in [1.54, 1.807) is 31.2 Å². The Hall–Kier alpha value is -2.48. The van der Waals surface area contributed by atoms with Crippen molar-refractivity contribution in [2.45, 2.75) is 6.92 Å². The molecule has 7 nitrogen and oxygen atoms in total. The SMILES string of the molecule is CCOC(=O)CN1C(=O)S/C(=C/c2cc(OC)cc(OC)c2)C1=O. The molecule has 0 atom stereocenters. The van der Waals surface area contributed by atoms with E-state index in [-0.39, 0.29) is 11.5 Å². The Morgan fingerprint density at radius 2 is 1.79 bits per heavy atom. The van der Waals surface area contributed by atoms with Crippen LogP contribution in [0, 0.1) is 0 Å². The van der Waals surface area contributed by atoms with E-state index in [0.29, 0.717) is 17.1 Å². The van der Waals surface area contributed by atoms with Crippen molar-refractivity contribution in [2.24, 2.45) is 0 Å². The standard InChI is InChI=1S/C16H17NO6S/c1-4-23-14(18)9-17-15(19)13(24-16(17)20)7-10-5-11(21-2)8-12(6-10)22-3/h5-8H,4,9H2,1-3H3/b13-7+. The second kappa shape index (κ2) is 7.87. The number of hydrogen-bond acceptors (Lipinski definition) is 7. The van der Waals surface area contributed by atoms with E-state index in [1.807, 2.05) is 0 Å². The number of methoxy groups -OCH3 is 2. The van der Waals surface area contributed by atoms with Crippen LogP contribution in [0.2, 0.25) is 0 Å². The quantitative estimate of drug-likeness (QED) is 0.574. The molecule has 128 valence electrons. The molecular formula is C16H17NO6S. The molecule has 1 fully saturated rings. The number of thioether (sulfide) groups is 1. The van der Waals surface area contributed by atoms with Gasteiger partial charge in [-0.25, -0.2) is 0 Å². The first-order chi connectivity index (χ1) is 11.5. The van der Waals surface area contributed by atoms with Crippen molar-refractivity contribution in [3.63, 3.8) is 0 Å². The van der Waals surface area contributed by atoms with Crippen molar-refractivity contribution >= 4 is 35.0 Å². The number of benzene rings is 1. The molecule has 0 unspecified atom stereocenters. The second-order valence-corrected chi connectivity index (χ2v) is 5.71. The molecule has 1 saturated heterocycles. The highest BCUT2D eigenvalue weighted by Crippen LogP contribution is 2.33. The number of rotatable bonds is 6. The first-order valence-electron chi connectivity index (χ1n) is 7.12. The maximum atomic E-state index is 12.3. The van der Waals surface area contributed by atoms with Crippen molar-refractivity contribution in [2.75, 3.05) is 27.4 Å². The monoisotopic (exact) mass is 351 g/mol. The Kier molecular flexibility index (Phi) is 5.86. The number of nitrogens with zero attached hydrogens (tertiary/aromatic N) is 1. The number of amides is 2. The van der Waals surface area contributed by atoms with Gasteiger partial charge in [-0.15, -0.1) is 0 Å². The molecule has 2 rings (SSSR count). The number of imide groups is 1. The predicted molar refractivity (Wildman–Crippen MR) is 88.9 cm³/mol. The maximum absolute atomic E-state index is 12.3. The summed E-state index contributed by atoms with van der Waals surface area (Å²) in [4.78, 5) is 36.8. The van der Waals surface area contributed by atoms with Crippen LogP contribution in [0.3, 0.4) is 0 Å². The number of carbonyl (C=O) groups is 3. The number of carbonyl (C=O) groups excluding carboxylic acids is 3. The van der Waals surface area contributed by atoms with Crippen LogP contribution in [0.15, 0.2) is 23.1 Å². The lowest BCUT2D eigenvalue weighted by molar-refractivity contribution is -0.145. The summed E-state index contributed by atoms with van der Waals surface area (Å²) in [6, 6.07) is 5.12. The molecule has 0 radical (unpaired) electrons. The molecule has 24 heavy (non-hydrogen) atoms. The van der Waals surface area contributed by atoms with Crippen LogP contribution in [0.5, 0.6) is 11.5 Å². The van der Waals surface area contributed by atoms with Crippen molar-refractivity contribution in [1.29, 1.82) is 0 Å². The number of esters is 1. The molecule has 1 heterocycles. The van der Waals surface area contributed by atoms with Crippen LogP contribution < -0.4 is 9.47 Å². The molecule has 2 amide bonds. The van der Waals surface area contributed by atoms with E-state index in [4.69, 9.17) is 14.2 Å². The van der Waals surface area contributed by atoms with Crippen LogP contribution in [-0.4, -0.2) is 49.4 Å². The molecule has 0 aliphatic carbocycles. The van der Waals surface area contributed by atoms with Crippen molar-refractivity contribution in [3.8, 4) is 11.5 Å². The zero-order chi connectivity index (χ0) is 17.7. The molecule has 1 aliphatic rings. The molecule has 0 bridgehead atoms. The third-order valence-electron chi connectivity index (χ3n) is 3.14. The van der Waals surface area contributed by atoms with Crippen LogP contribution in [0.4, 0.5) is 4.79 Å². The highest BCUT2D eigenvalue weighted by Gasteiger charge is 2.36. The minimum atomic E-state index is -0.621. The molecule has 1 aliphatic heterocycles. The molecule has 1 aromatic carbocycles. The zero-order valence-corrected chi connectivity index (χ0v) is 14.3. The summed E-state index contributed by atoms with van der Waals surface area (Å²) >= 11 is 0.773. The number of ether oxygens (including phenoxy) is 3. The summed E-state index contributed by atoms with van der Waals surface area (Å²) < 4.78 is 15.1. The first-order valence-corrected chi connectivity index (χ1v) is 7.94. The van der Waals surface area contributed by atoms with Crippen LogP contribution in [0.25, 0.3) is 6.08 Å². The fourth-order valence-electron chi connectivity index (χ4n) is 2.04. The van der Waals surface area contributed by atoms with E-state index in [2.05, 4.69) is 0 Å². The Morgan fingerprint density at radius 1 is 1.17 bits per heavy atom. The van der Waals surface area contributed by atoms with Crippen molar-refractivity contribution in [3.05, 3.63) is 28.7 Å². The first kappa shape index (κ1) is 17.9. The Bertz CT molecular complexity index is 678. The summed E-state index contributed by atoms with van der Waals surface area (Å²) in [6.07, 6.45) is 1.56. The van der Waals surface area contributed by atoms with Crippen molar-refractivity contribution in [1.82, 2.24) is 4.90 Å². The lowest BCUT2D eigenvalue weighted by Gasteiger charge is -2.10. The van der Waals surface area contributed by atoms with Gasteiger partial charge in [0.1, 0.15) is 18.0 Å². The fourth-order valence-corrected chi connectivity index (χ4v) is 2.87. The highest BCUT2D eigenvalue weighted by atomic mass is 32.2. The second-order valence-electron chi connectivity index (χ2n) is 4.72. The van der Waals surface area contributed by atoms with Crippen LogP contribution in [0.1, 0.15) is 12.5 Å². The average molecular weight is 351 g/mol. The van der Waals surface area contributed by atoms with E-state index < -0.39 is 23.7 Å². The van der Waals surface area contributed by atoms with Gasteiger partial charge in [0, 0.05) is 6.07 Å². The topological polar surface area (TPSA) is 82.1 Å². The Balaban J connectivity index is 2.23. The summed E-state index contributed by atoms with van der Waals surface area (Å²) in [7, 11) is 3.04. The highest BCUT2D eigenvalue weighted by molar-refractivity contribution is 8.18. The van der Waals surface area contributed by atoms with Gasteiger partial charge in [0.25, 0.3) is 11.1 Å². The zero-order valence-electron chi connectivity index (χ0n) is 13.5. The maximum Gasteiger partial charge on any atom is 0.326 e. The molecule has 0 aromatic heterocycles. The predicted octanol–water partition coefficient (Wildman–Crippen LogP) is 2.30. The lowest BCUT2D eigenvalue weighted by atomic mass is 10.2. The molecule has 0 saturated carbocycles. The van der Waals surface area contributed by atoms with Gasteiger partial charge in [-0.2, -0.15) is 0 Å². The van der Waals surface area contributed by atoms with E-state index in [9.17, 15) is 14.4 Å². The van der Waals surface area contributed by atoms with Gasteiger partial charge in [0.15, 0.2) is 0 Å². The van der Waals surface area contributed by atoms with E-state index in [1.165, 1.54) is 14.2 Å². The van der Waals surface area contributed by atoms with Crippen molar-refractivity contribution < 1.29 is 28.6 Å². The van der Waals surface area contributed by atoms with Gasteiger partial charge in [0.2, 0.25) is 0 Å². The normalized spacial score (nSPS) is 15.8. The summed E-state index contributed by atoms with van der Waals surface area (Å²) in [5.41, 5.74) is 0.646. The van der Waals surface area contributed by atoms with Crippen LogP contribution >= 0.6 is 11.8 Å². The molecule has 1 aromatic rings. The molecule has 0 N–H and O–H groups in total. The average Bonchev–Trinajstić information content (AvgIpc) is 2.82. The minimum absolute atomic E-state index is 0.189. The van der Waals surface area contributed by atoms with Gasteiger partial charge >= 0.3 is 5.97 Å². The molecule has 8 heteroatoms. The van der Waals surface area contributed by atoms with Gasteiger partial charge in [-0.05, 0) is 42.5 Å². The summed E-state index contributed by atoms with van der Waals surface area (Å²) in [6.45, 7) is 1.45. The fraction of sp³-hybridized carbons (Fsp3) is 0.312. The van der Waals surface area contributed by atoms with Crippen LogP contribution in [-0.2, 0) is 14.3 Å². The largest absolute Gasteiger partial charge is 0.497 e.